The van der Waals surface area contributed by atoms with Crippen molar-refractivity contribution in [1.29, 1.82) is 0 Å². The molecule has 0 radical (unpaired) electrons. The molecule has 1 aromatic carbocycles. The summed E-state index contributed by atoms with van der Waals surface area (Å²) >= 11 is 0. The van der Waals surface area contributed by atoms with E-state index in [1.165, 1.54) is 16.5 Å². The van der Waals surface area contributed by atoms with Crippen LogP contribution in [0.5, 0.6) is 0 Å². The van der Waals surface area contributed by atoms with Gasteiger partial charge in [-0.2, -0.15) is 0 Å². The van der Waals surface area contributed by atoms with Gasteiger partial charge < -0.3 is 9.88 Å². The van der Waals surface area contributed by atoms with E-state index in [0.29, 0.717) is 0 Å². The molecular weight excluding hydrogens is 220 g/mol. The van der Waals surface area contributed by atoms with Crippen LogP contribution in [0.1, 0.15) is 25.3 Å². The van der Waals surface area contributed by atoms with Crippen molar-refractivity contribution in [3.05, 3.63) is 36.0 Å². The molecule has 1 heterocycles. The number of aromatic nitrogens is 1. The molecule has 94 valence electrons. The van der Waals surface area contributed by atoms with E-state index in [-0.39, 0.29) is 0 Å². The minimum Gasteiger partial charge on any atom is -0.346 e. The molecule has 0 saturated heterocycles. The Kier molecular flexibility index (Phi) is 4.44. The maximum Gasteiger partial charge on any atom is 0.0483 e. The van der Waals surface area contributed by atoms with Crippen LogP contribution >= 0.6 is 0 Å². The van der Waals surface area contributed by atoms with Crippen LogP contribution in [0.2, 0.25) is 0 Å². The second-order valence-corrected chi connectivity index (χ2v) is 4.50. The van der Waals surface area contributed by atoms with Gasteiger partial charge in [0.05, 0.1) is 0 Å². The van der Waals surface area contributed by atoms with E-state index in [2.05, 4.69) is 53.2 Å². The monoisotopic (exact) mass is 240 g/mol. The first-order valence-corrected chi connectivity index (χ1v) is 6.57. The number of hydrogen-bond acceptors (Lipinski definition) is 1. The minimum atomic E-state index is 0.778. The highest BCUT2D eigenvalue weighted by molar-refractivity contribution is 5.83. The van der Waals surface area contributed by atoms with Gasteiger partial charge in [-0.1, -0.05) is 25.1 Å². The van der Waals surface area contributed by atoms with Crippen molar-refractivity contribution in [3.63, 3.8) is 0 Å². The highest BCUT2D eigenvalue weighted by atomic mass is 15.0. The lowest BCUT2D eigenvalue weighted by Gasteiger charge is -2.00. The Morgan fingerprint density at radius 2 is 2.17 bits per heavy atom. The quantitative estimate of drug-likeness (QED) is 0.606. The zero-order chi connectivity index (χ0) is 12.8. The van der Waals surface area contributed by atoms with Gasteiger partial charge in [0, 0.05) is 36.6 Å². The largest absolute Gasteiger partial charge is 0.346 e. The summed E-state index contributed by atoms with van der Waals surface area (Å²) in [7, 11) is 0. The molecule has 0 unspecified atom stereocenters. The van der Waals surface area contributed by atoms with E-state index in [1.54, 1.807) is 0 Å². The Morgan fingerprint density at radius 3 is 2.94 bits per heavy atom. The molecule has 2 aromatic rings. The fourth-order valence-electron chi connectivity index (χ4n) is 2.23. The number of nitrogens with zero attached hydrogens (tertiary/aromatic N) is 1. The number of rotatable bonds is 6. The highest BCUT2D eigenvalue weighted by Gasteiger charge is 2.06. The molecular formula is C16H20N2. The third kappa shape index (κ3) is 2.75. The predicted molar refractivity (Wildman–Crippen MR) is 77.4 cm³/mol. The smallest absolute Gasteiger partial charge is 0.0483 e. The molecule has 1 N–H and O–H groups in total. The van der Waals surface area contributed by atoms with Crippen molar-refractivity contribution in [3.8, 4) is 12.3 Å². The average molecular weight is 240 g/mol. The van der Waals surface area contributed by atoms with Crippen molar-refractivity contribution in [2.24, 2.45) is 0 Å². The van der Waals surface area contributed by atoms with Gasteiger partial charge in [0.1, 0.15) is 0 Å². The lowest BCUT2D eigenvalue weighted by molar-refractivity contribution is 0.672. The van der Waals surface area contributed by atoms with Gasteiger partial charge in [-0.25, -0.2) is 0 Å². The van der Waals surface area contributed by atoms with Crippen molar-refractivity contribution in [2.45, 2.75) is 32.9 Å². The SMILES string of the molecule is C#CCCn1cc(CNCCC)c2ccccc21. The molecule has 2 heteroatoms. The molecule has 2 rings (SSSR count). The topological polar surface area (TPSA) is 17.0 Å². The summed E-state index contributed by atoms with van der Waals surface area (Å²) in [6.45, 7) is 5.06. The van der Waals surface area contributed by atoms with Gasteiger partial charge in [-0.3, -0.25) is 0 Å². The summed E-state index contributed by atoms with van der Waals surface area (Å²) in [6, 6.07) is 8.52. The zero-order valence-corrected chi connectivity index (χ0v) is 10.9. The van der Waals surface area contributed by atoms with Crippen LogP contribution in [0, 0.1) is 12.3 Å². The number of benzene rings is 1. The van der Waals surface area contributed by atoms with Crippen LogP contribution in [0.3, 0.4) is 0 Å². The third-order valence-corrected chi connectivity index (χ3v) is 3.11. The summed E-state index contributed by atoms with van der Waals surface area (Å²) in [5, 5.41) is 4.79. The van der Waals surface area contributed by atoms with Crippen LogP contribution in [-0.4, -0.2) is 11.1 Å². The number of para-hydroxylation sites is 1. The van der Waals surface area contributed by atoms with Crippen molar-refractivity contribution >= 4 is 10.9 Å². The summed E-state index contributed by atoms with van der Waals surface area (Å²) in [6.07, 6.45) is 9.52. The second-order valence-electron chi connectivity index (χ2n) is 4.50. The van der Waals surface area contributed by atoms with Gasteiger partial charge in [0.2, 0.25) is 0 Å². The van der Waals surface area contributed by atoms with Crippen molar-refractivity contribution in [2.75, 3.05) is 6.54 Å². The van der Waals surface area contributed by atoms with E-state index in [9.17, 15) is 0 Å². The van der Waals surface area contributed by atoms with Crippen LogP contribution in [-0.2, 0) is 13.1 Å². The molecule has 2 nitrogen and oxygen atoms in total. The van der Waals surface area contributed by atoms with E-state index >= 15 is 0 Å². The highest BCUT2D eigenvalue weighted by Crippen LogP contribution is 2.21. The molecule has 18 heavy (non-hydrogen) atoms. The van der Waals surface area contributed by atoms with Crippen LogP contribution < -0.4 is 5.32 Å². The first kappa shape index (κ1) is 12.7. The number of terminal acetylenes is 1. The molecule has 0 spiro atoms. The Bertz CT molecular complexity index is 546. The molecule has 0 aliphatic heterocycles. The van der Waals surface area contributed by atoms with Crippen LogP contribution in [0.15, 0.2) is 30.5 Å². The van der Waals surface area contributed by atoms with E-state index in [4.69, 9.17) is 6.42 Å². The predicted octanol–water partition coefficient (Wildman–Crippen LogP) is 3.16. The summed E-state index contributed by atoms with van der Waals surface area (Å²) < 4.78 is 2.26. The van der Waals surface area contributed by atoms with Gasteiger partial charge in [-0.15, -0.1) is 12.3 Å². The average Bonchev–Trinajstić information content (AvgIpc) is 2.76. The van der Waals surface area contributed by atoms with Crippen LogP contribution in [0.4, 0.5) is 0 Å². The van der Waals surface area contributed by atoms with Gasteiger partial charge in [0.25, 0.3) is 0 Å². The van der Waals surface area contributed by atoms with Gasteiger partial charge in [0.15, 0.2) is 0 Å². The van der Waals surface area contributed by atoms with Crippen molar-refractivity contribution in [1.82, 2.24) is 9.88 Å². The minimum absolute atomic E-state index is 0.778. The maximum atomic E-state index is 5.35. The lowest BCUT2D eigenvalue weighted by Crippen LogP contribution is -2.13. The Hall–Kier alpha value is -1.72. The molecule has 0 saturated carbocycles. The number of aryl methyl sites for hydroxylation is 1. The lowest BCUT2D eigenvalue weighted by atomic mass is 10.2. The number of fused-ring (bicyclic) bond motifs is 1. The molecule has 0 atom stereocenters. The second kappa shape index (κ2) is 6.28. The standard InChI is InChI=1S/C16H20N2/c1-3-5-11-18-13-14(12-17-10-4-2)15-8-6-7-9-16(15)18/h1,6-9,13,17H,4-5,10-12H2,2H3. The molecule has 0 fully saturated rings. The summed E-state index contributed by atoms with van der Waals surface area (Å²) in [5.41, 5.74) is 2.64. The Labute approximate surface area is 109 Å². The van der Waals surface area contributed by atoms with Gasteiger partial charge in [-0.05, 0) is 24.6 Å². The molecule has 0 aliphatic carbocycles. The zero-order valence-electron chi connectivity index (χ0n) is 10.9. The molecule has 1 aromatic heterocycles. The molecule has 0 aliphatic rings. The Balaban J connectivity index is 2.26. The Morgan fingerprint density at radius 1 is 1.33 bits per heavy atom. The van der Waals surface area contributed by atoms with Crippen LogP contribution in [0.25, 0.3) is 10.9 Å². The third-order valence-electron chi connectivity index (χ3n) is 3.11. The summed E-state index contributed by atoms with van der Waals surface area (Å²) in [5.74, 6) is 2.71. The van der Waals surface area contributed by atoms with E-state index in [0.717, 1.165) is 32.5 Å². The van der Waals surface area contributed by atoms with Gasteiger partial charge >= 0.3 is 0 Å². The first-order valence-electron chi connectivity index (χ1n) is 6.57. The normalized spacial score (nSPS) is 10.7. The fourth-order valence-corrected chi connectivity index (χ4v) is 2.23. The number of nitrogens with one attached hydrogen (secondary N) is 1. The molecule has 0 bridgehead atoms. The maximum absolute atomic E-state index is 5.35. The first-order chi connectivity index (χ1) is 8.86. The van der Waals surface area contributed by atoms with Crippen molar-refractivity contribution < 1.29 is 0 Å². The van der Waals surface area contributed by atoms with E-state index < -0.39 is 0 Å². The number of hydrogen-bond donors (Lipinski definition) is 1. The fraction of sp³-hybridized carbons (Fsp3) is 0.375. The summed E-state index contributed by atoms with van der Waals surface area (Å²) in [4.78, 5) is 0. The van der Waals surface area contributed by atoms with E-state index in [1.807, 2.05) is 0 Å². The molecule has 0 amide bonds.